The van der Waals surface area contributed by atoms with Crippen LogP contribution >= 0.6 is 0 Å². The van der Waals surface area contributed by atoms with Crippen molar-refractivity contribution in [1.82, 2.24) is 10.1 Å². The average Bonchev–Trinajstić information content (AvgIpc) is 2.68. The van der Waals surface area contributed by atoms with Gasteiger partial charge in [0.15, 0.2) is 0 Å². The topological polar surface area (TPSA) is 38.9 Å². The second kappa shape index (κ2) is 3.53. The normalized spacial score (nSPS) is 10.8. The Labute approximate surface area is 78.4 Å². The van der Waals surface area contributed by atoms with Gasteiger partial charge in [0.25, 0.3) is 5.89 Å². The van der Waals surface area contributed by atoms with E-state index in [2.05, 4.69) is 20.7 Å². The number of benzene rings is 1. The zero-order chi connectivity index (χ0) is 9.97. The number of aromatic nitrogens is 2. The van der Waals surface area contributed by atoms with Crippen LogP contribution in [0.2, 0.25) is 0 Å². The smallest absolute Gasteiger partial charge is 0.315 e. The minimum atomic E-state index is -2.73. The second-order valence-corrected chi connectivity index (χ2v) is 2.55. The van der Waals surface area contributed by atoms with E-state index in [0.29, 0.717) is 5.56 Å². The summed E-state index contributed by atoms with van der Waals surface area (Å²) < 4.78 is 28.5. The zero-order valence-electron chi connectivity index (χ0n) is 6.95. The number of halogens is 2. The molecule has 0 aliphatic heterocycles. The van der Waals surface area contributed by atoms with E-state index in [4.69, 9.17) is 0 Å². The number of alkyl halides is 2. The van der Waals surface area contributed by atoms with Crippen molar-refractivity contribution in [3.8, 4) is 11.4 Å². The SMILES string of the molecule is FC(F)c1nc(-c2cc[c]cc2)no1. The van der Waals surface area contributed by atoms with Crippen LogP contribution in [-0.2, 0) is 0 Å². The van der Waals surface area contributed by atoms with Gasteiger partial charge in [-0.25, -0.2) is 0 Å². The fraction of sp³-hybridized carbons (Fsp3) is 0.111. The van der Waals surface area contributed by atoms with Crippen LogP contribution < -0.4 is 0 Å². The van der Waals surface area contributed by atoms with Crippen molar-refractivity contribution >= 4 is 0 Å². The van der Waals surface area contributed by atoms with Crippen LogP contribution in [0.25, 0.3) is 11.4 Å². The van der Waals surface area contributed by atoms with Gasteiger partial charge < -0.3 is 4.52 Å². The lowest BCUT2D eigenvalue weighted by Gasteiger charge is -1.90. The molecule has 0 amide bonds. The van der Waals surface area contributed by atoms with Crippen molar-refractivity contribution in [2.45, 2.75) is 6.43 Å². The number of nitrogens with zero attached hydrogens (tertiary/aromatic N) is 2. The molecule has 71 valence electrons. The molecule has 0 fully saturated rings. The third kappa shape index (κ3) is 1.61. The van der Waals surface area contributed by atoms with Crippen molar-refractivity contribution in [2.24, 2.45) is 0 Å². The molecule has 0 N–H and O–H groups in total. The fourth-order valence-corrected chi connectivity index (χ4v) is 0.977. The number of rotatable bonds is 2. The van der Waals surface area contributed by atoms with Crippen molar-refractivity contribution < 1.29 is 13.3 Å². The summed E-state index contributed by atoms with van der Waals surface area (Å²) in [4.78, 5) is 3.54. The summed E-state index contributed by atoms with van der Waals surface area (Å²) in [5.74, 6) is -0.498. The summed E-state index contributed by atoms with van der Waals surface area (Å²) in [6.07, 6.45) is -2.73. The van der Waals surface area contributed by atoms with Crippen LogP contribution in [0.4, 0.5) is 8.78 Å². The van der Waals surface area contributed by atoms with Gasteiger partial charge in [-0.2, -0.15) is 13.8 Å². The van der Waals surface area contributed by atoms with Gasteiger partial charge in [-0.05, 0) is 6.07 Å². The van der Waals surface area contributed by atoms with Gasteiger partial charge in [-0.15, -0.1) is 0 Å². The highest BCUT2D eigenvalue weighted by Gasteiger charge is 2.16. The summed E-state index contributed by atoms with van der Waals surface area (Å²) in [6.45, 7) is 0. The highest BCUT2D eigenvalue weighted by molar-refractivity contribution is 5.53. The lowest BCUT2D eigenvalue weighted by Crippen LogP contribution is -1.83. The fourth-order valence-electron chi connectivity index (χ4n) is 0.977. The Bertz CT molecular complexity index is 414. The van der Waals surface area contributed by atoms with Crippen LogP contribution in [0.3, 0.4) is 0 Å². The van der Waals surface area contributed by atoms with Crippen molar-refractivity contribution in [3.05, 3.63) is 36.2 Å². The van der Waals surface area contributed by atoms with Gasteiger partial charge >= 0.3 is 6.43 Å². The Morgan fingerprint density at radius 3 is 2.57 bits per heavy atom. The molecule has 0 unspecified atom stereocenters. The molecule has 1 radical (unpaired) electrons. The van der Waals surface area contributed by atoms with E-state index >= 15 is 0 Å². The molecule has 1 aromatic heterocycles. The molecule has 1 aromatic carbocycles. The molecular formula is C9H5F2N2O. The summed E-state index contributed by atoms with van der Waals surface area (Å²) in [7, 11) is 0. The first-order valence-electron chi connectivity index (χ1n) is 3.85. The molecular weight excluding hydrogens is 190 g/mol. The predicted molar refractivity (Wildman–Crippen MR) is 43.5 cm³/mol. The average molecular weight is 195 g/mol. The molecule has 2 rings (SSSR count). The Kier molecular flexibility index (Phi) is 2.22. The molecule has 1 heterocycles. The summed E-state index contributed by atoms with van der Waals surface area (Å²) in [6, 6.07) is 9.42. The van der Waals surface area contributed by atoms with Gasteiger partial charge in [0.1, 0.15) is 0 Å². The number of hydrogen-bond donors (Lipinski definition) is 0. The Balaban J connectivity index is 2.34. The van der Waals surface area contributed by atoms with E-state index in [1.165, 1.54) is 0 Å². The number of hydrogen-bond acceptors (Lipinski definition) is 3. The highest BCUT2D eigenvalue weighted by atomic mass is 19.3. The molecule has 0 atom stereocenters. The first-order valence-corrected chi connectivity index (χ1v) is 3.85. The van der Waals surface area contributed by atoms with E-state index in [-0.39, 0.29) is 5.82 Å². The molecule has 3 nitrogen and oxygen atoms in total. The quantitative estimate of drug-likeness (QED) is 0.738. The van der Waals surface area contributed by atoms with Gasteiger partial charge in [0.05, 0.1) is 0 Å². The summed E-state index contributed by atoms with van der Waals surface area (Å²) in [5, 5.41) is 3.43. The lowest BCUT2D eigenvalue weighted by atomic mass is 10.2. The first kappa shape index (κ1) is 8.80. The van der Waals surface area contributed by atoms with Crippen LogP contribution in [0.15, 0.2) is 28.8 Å². The van der Waals surface area contributed by atoms with Gasteiger partial charge in [-0.1, -0.05) is 29.4 Å². The van der Waals surface area contributed by atoms with E-state index < -0.39 is 12.3 Å². The highest BCUT2D eigenvalue weighted by Crippen LogP contribution is 2.20. The van der Waals surface area contributed by atoms with E-state index in [1.807, 2.05) is 0 Å². The van der Waals surface area contributed by atoms with Gasteiger partial charge in [-0.3, -0.25) is 0 Å². The minimum absolute atomic E-state index is 0.161. The van der Waals surface area contributed by atoms with Gasteiger partial charge in [0, 0.05) is 5.56 Å². The summed E-state index contributed by atoms with van der Waals surface area (Å²) in [5.41, 5.74) is 0.624. The minimum Gasteiger partial charge on any atom is -0.333 e. The van der Waals surface area contributed by atoms with Crippen LogP contribution in [0, 0.1) is 6.07 Å². The molecule has 0 saturated heterocycles. The Hall–Kier alpha value is -1.78. The molecule has 0 aliphatic carbocycles. The predicted octanol–water partition coefficient (Wildman–Crippen LogP) is 2.47. The third-order valence-corrected chi connectivity index (χ3v) is 1.60. The molecule has 0 saturated carbocycles. The van der Waals surface area contributed by atoms with E-state index in [9.17, 15) is 8.78 Å². The zero-order valence-corrected chi connectivity index (χ0v) is 6.95. The Morgan fingerprint density at radius 1 is 1.29 bits per heavy atom. The monoisotopic (exact) mass is 195 g/mol. The Morgan fingerprint density at radius 2 is 2.00 bits per heavy atom. The van der Waals surface area contributed by atoms with Crippen LogP contribution in [0.5, 0.6) is 0 Å². The van der Waals surface area contributed by atoms with E-state index in [0.717, 1.165) is 0 Å². The first-order chi connectivity index (χ1) is 6.77. The molecule has 0 aliphatic rings. The lowest BCUT2D eigenvalue weighted by molar-refractivity contribution is 0.106. The largest absolute Gasteiger partial charge is 0.333 e. The van der Waals surface area contributed by atoms with Crippen molar-refractivity contribution in [3.63, 3.8) is 0 Å². The standard InChI is InChI=1S/C9H5F2N2O/c10-7(11)9-12-8(13-14-9)6-4-2-1-3-5-6/h2-5,7H. The molecule has 14 heavy (non-hydrogen) atoms. The van der Waals surface area contributed by atoms with E-state index in [1.54, 1.807) is 24.3 Å². The maximum absolute atomic E-state index is 12.1. The van der Waals surface area contributed by atoms with Crippen molar-refractivity contribution in [2.75, 3.05) is 0 Å². The molecule has 0 bridgehead atoms. The third-order valence-electron chi connectivity index (χ3n) is 1.60. The van der Waals surface area contributed by atoms with Crippen LogP contribution in [0.1, 0.15) is 12.3 Å². The molecule has 5 heteroatoms. The van der Waals surface area contributed by atoms with Crippen LogP contribution in [-0.4, -0.2) is 10.1 Å². The molecule has 0 spiro atoms. The maximum atomic E-state index is 12.1. The molecule has 2 aromatic rings. The summed E-state index contributed by atoms with van der Waals surface area (Å²) >= 11 is 0. The van der Waals surface area contributed by atoms with Gasteiger partial charge in [0.2, 0.25) is 5.82 Å². The second-order valence-electron chi connectivity index (χ2n) is 2.55. The maximum Gasteiger partial charge on any atom is 0.315 e. The van der Waals surface area contributed by atoms with Crippen molar-refractivity contribution in [1.29, 1.82) is 0 Å².